The van der Waals surface area contributed by atoms with Crippen LogP contribution >= 0.6 is 20.2 Å². The van der Waals surface area contributed by atoms with Gasteiger partial charge in [-0.25, -0.2) is 17.7 Å². The highest BCUT2D eigenvalue weighted by Gasteiger charge is 2.26. The second kappa shape index (κ2) is 11.2. The van der Waals surface area contributed by atoms with E-state index in [1.54, 1.807) is 16.4 Å². The molecule has 1 N–H and O–H groups in total. The number of nitriles is 2. The predicted octanol–water partition coefficient (Wildman–Crippen LogP) is 3.33. The number of nitrogens with one attached hydrogen (secondary N) is 1. The van der Waals surface area contributed by atoms with Gasteiger partial charge in [0, 0.05) is 23.7 Å². The molecule has 1 aliphatic rings. The Bertz CT molecular complexity index is 1120. The molecule has 3 rings (SSSR count). The summed E-state index contributed by atoms with van der Waals surface area (Å²) < 4.78 is 39.9. The van der Waals surface area contributed by atoms with E-state index in [0.717, 1.165) is 6.07 Å². The molecule has 0 aromatic heterocycles. The number of carbonyl (C=O) groups excluding carboxylic acids is 1. The molecule has 1 aliphatic heterocycles. The van der Waals surface area contributed by atoms with E-state index in [4.69, 9.17) is 26.3 Å². The fourth-order valence-corrected chi connectivity index (χ4v) is 5.54. The Kier molecular flexibility index (Phi) is 8.38. The van der Waals surface area contributed by atoms with Crippen LogP contribution in [0.3, 0.4) is 0 Å². The maximum Gasteiger partial charge on any atom is 0.407 e. The zero-order chi connectivity index (χ0) is 23.1. The zero-order valence-electron chi connectivity index (χ0n) is 16.5. The van der Waals surface area contributed by atoms with Gasteiger partial charge in [0.25, 0.3) is 0 Å². The quantitative estimate of drug-likeness (QED) is 0.652. The summed E-state index contributed by atoms with van der Waals surface area (Å²) in [5, 5.41) is 21.2. The molecule has 0 aliphatic carbocycles. The monoisotopic (exact) mass is 494 g/mol. The van der Waals surface area contributed by atoms with Gasteiger partial charge in [-0.05, 0) is 30.3 Å². The first-order valence-electron chi connectivity index (χ1n) is 9.25. The first-order chi connectivity index (χ1) is 15.4. The summed E-state index contributed by atoms with van der Waals surface area (Å²) in [6.45, 7) is -0.113. The van der Waals surface area contributed by atoms with Crippen molar-refractivity contribution in [3.63, 3.8) is 0 Å². The van der Waals surface area contributed by atoms with Crippen molar-refractivity contribution in [1.82, 2.24) is 9.62 Å². The van der Waals surface area contributed by atoms with Gasteiger partial charge in [-0.2, -0.15) is 10.5 Å². The van der Waals surface area contributed by atoms with Gasteiger partial charge in [-0.3, -0.25) is 0 Å². The van der Waals surface area contributed by atoms with Crippen molar-refractivity contribution in [3.05, 3.63) is 58.4 Å². The molecule has 2 aromatic rings. The van der Waals surface area contributed by atoms with Gasteiger partial charge >= 0.3 is 6.09 Å². The molecule has 1 heterocycles. The van der Waals surface area contributed by atoms with Gasteiger partial charge in [-0.1, -0.05) is 20.2 Å². The molecule has 3 atom stereocenters. The summed E-state index contributed by atoms with van der Waals surface area (Å²) in [4.78, 5) is 12.1. The lowest BCUT2D eigenvalue weighted by Gasteiger charge is -2.28. The van der Waals surface area contributed by atoms with E-state index in [9.17, 15) is 18.7 Å². The van der Waals surface area contributed by atoms with E-state index in [-0.39, 0.29) is 38.6 Å². The summed E-state index contributed by atoms with van der Waals surface area (Å²) in [6.07, 6.45) is -0.721. The van der Waals surface area contributed by atoms with Gasteiger partial charge < -0.3 is 14.8 Å². The first-order valence-corrected chi connectivity index (χ1v) is 12.1. The minimum absolute atomic E-state index is 0.0714. The van der Waals surface area contributed by atoms with Crippen LogP contribution in [0.25, 0.3) is 0 Å². The van der Waals surface area contributed by atoms with Gasteiger partial charge in [0.15, 0.2) is 0 Å². The average Bonchev–Trinajstić information content (AvgIpc) is 2.78. The first kappa shape index (κ1) is 23.9. The standard InChI is InChI=1S/C20H17ClFN4O4PS/c21-15-2-4-19(14(5-15)8-24)32(28)26-9-17(10-29-20(27)25-11-31-12-26)30-16-3-1-13(7-23)18(22)6-16/h1-6,17,31H,9-12H2,(H,25,27)/t17-,32?/m0/s1. The van der Waals surface area contributed by atoms with Crippen LogP contribution in [-0.4, -0.2) is 46.4 Å². The molecular formula is C20H17ClFN4O4PS. The summed E-state index contributed by atoms with van der Waals surface area (Å²) in [6, 6.07) is 12.0. The lowest BCUT2D eigenvalue weighted by Crippen LogP contribution is -2.42. The molecule has 0 saturated carbocycles. The molecule has 166 valence electrons. The Morgan fingerprint density at radius 2 is 2.03 bits per heavy atom. The van der Waals surface area contributed by atoms with Gasteiger partial charge in [0.1, 0.15) is 47.4 Å². The third kappa shape index (κ3) is 6.15. The number of alkyl carbamates (subject to hydrolysis) is 1. The van der Waals surface area contributed by atoms with Crippen molar-refractivity contribution in [2.75, 3.05) is 25.7 Å². The third-order valence-electron chi connectivity index (χ3n) is 4.30. The number of hydrogen-bond donors (Lipinski definition) is 1. The fourth-order valence-electron chi connectivity index (χ4n) is 2.81. The highest BCUT2D eigenvalue weighted by Crippen LogP contribution is 2.25. The molecular weight excluding hydrogens is 478 g/mol. The number of halogens is 2. The highest BCUT2D eigenvalue weighted by atomic mass is 35.5. The fraction of sp³-hybridized carbons (Fsp3) is 0.250. The number of hydrogen-bond acceptors (Lipinski definition) is 6. The highest BCUT2D eigenvalue weighted by molar-refractivity contribution is 7.83. The van der Waals surface area contributed by atoms with Crippen LogP contribution in [0.15, 0.2) is 41.3 Å². The lowest BCUT2D eigenvalue weighted by molar-refractivity contribution is 0.0738. The zero-order valence-corrected chi connectivity index (χ0v) is 19.1. The largest absolute Gasteiger partial charge is 0.485 e. The molecule has 0 bridgehead atoms. The summed E-state index contributed by atoms with van der Waals surface area (Å²) in [5.41, 5.74) is 0.0575. The molecule has 2 aromatic carbocycles. The SMILES string of the molecule is N#Cc1ccc(O[C@@H]2COC(=O)NCPCN(S(=O)c3ccc(Cl)cc3C#N)C2)cc1F. The van der Waals surface area contributed by atoms with Crippen LogP contribution < -0.4 is 10.1 Å². The maximum absolute atomic E-state index is 14.0. The Morgan fingerprint density at radius 3 is 2.75 bits per heavy atom. The number of carbonyl (C=O) groups is 1. The Labute approximate surface area is 193 Å². The van der Waals surface area contributed by atoms with E-state index >= 15 is 0 Å². The van der Waals surface area contributed by atoms with Gasteiger partial charge in [0.2, 0.25) is 0 Å². The van der Waals surface area contributed by atoms with E-state index < -0.39 is 29.0 Å². The van der Waals surface area contributed by atoms with Crippen molar-refractivity contribution >= 4 is 37.3 Å². The molecule has 0 radical (unpaired) electrons. The predicted molar refractivity (Wildman–Crippen MR) is 117 cm³/mol. The second-order valence-electron chi connectivity index (χ2n) is 6.52. The van der Waals surface area contributed by atoms with Crippen LogP contribution in [0.2, 0.25) is 5.02 Å². The lowest BCUT2D eigenvalue weighted by atomic mass is 10.2. The molecule has 1 amide bonds. The topological polar surface area (TPSA) is 115 Å². The van der Waals surface area contributed by atoms with Crippen LogP contribution in [-0.2, 0) is 15.7 Å². The van der Waals surface area contributed by atoms with E-state index in [1.165, 1.54) is 24.3 Å². The molecule has 32 heavy (non-hydrogen) atoms. The van der Waals surface area contributed by atoms with Crippen LogP contribution in [0.4, 0.5) is 9.18 Å². The van der Waals surface area contributed by atoms with Crippen LogP contribution in [0.1, 0.15) is 11.1 Å². The third-order valence-corrected chi connectivity index (χ3v) is 7.28. The van der Waals surface area contributed by atoms with Crippen molar-refractivity contribution in [2.24, 2.45) is 0 Å². The van der Waals surface area contributed by atoms with Gasteiger partial charge in [0.05, 0.1) is 22.6 Å². The average molecular weight is 495 g/mol. The summed E-state index contributed by atoms with van der Waals surface area (Å²) in [7, 11) is -1.53. The van der Waals surface area contributed by atoms with E-state index in [2.05, 4.69) is 5.32 Å². The number of benzene rings is 2. The Hall–Kier alpha value is -2.75. The van der Waals surface area contributed by atoms with E-state index in [1.807, 2.05) is 6.07 Å². The number of rotatable bonds is 4. The number of ether oxygens (including phenoxy) is 2. The molecule has 12 heteroatoms. The maximum atomic E-state index is 14.0. The Morgan fingerprint density at radius 1 is 1.25 bits per heavy atom. The van der Waals surface area contributed by atoms with Crippen LogP contribution in [0, 0.1) is 28.5 Å². The molecule has 1 saturated heterocycles. The minimum atomic E-state index is -1.72. The normalized spacial score (nSPS) is 19.1. The van der Waals surface area contributed by atoms with E-state index in [0.29, 0.717) is 22.5 Å². The number of amides is 1. The van der Waals surface area contributed by atoms with Crippen molar-refractivity contribution in [1.29, 1.82) is 10.5 Å². The summed E-state index contributed by atoms with van der Waals surface area (Å²) in [5.74, 6) is -0.616. The second-order valence-corrected chi connectivity index (χ2v) is 9.58. The Balaban J connectivity index is 1.86. The van der Waals surface area contributed by atoms with Crippen molar-refractivity contribution < 1.29 is 22.9 Å². The smallest absolute Gasteiger partial charge is 0.407 e. The molecule has 8 nitrogen and oxygen atoms in total. The molecule has 0 spiro atoms. The molecule has 2 unspecified atom stereocenters. The van der Waals surface area contributed by atoms with Crippen molar-refractivity contribution in [3.8, 4) is 17.9 Å². The minimum Gasteiger partial charge on any atom is -0.485 e. The van der Waals surface area contributed by atoms with Gasteiger partial charge in [-0.15, -0.1) is 0 Å². The van der Waals surface area contributed by atoms with Crippen molar-refractivity contribution in [2.45, 2.75) is 11.0 Å². The van der Waals surface area contributed by atoms with Crippen LogP contribution in [0.5, 0.6) is 5.75 Å². The number of nitrogens with zero attached hydrogens (tertiary/aromatic N) is 3. The number of cyclic esters (lactones) is 1. The molecule has 1 fully saturated rings. The summed E-state index contributed by atoms with van der Waals surface area (Å²) >= 11 is 5.95.